The minimum atomic E-state index is -0.166. The van der Waals surface area contributed by atoms with Gasteiger partial charge in [-0.25, -0.2) is 4.79 Å². The molecule has 2 fully saturated rings. The van der Waals surface area contributed by atoms with Crippen molar-refractivity contribution < 1.29 is 9.59 Å². The summed E-state index contributed by atoms with van der Waals surface area (Å²) in [4.78, 5) is 25.2. The lowest BCUT2D eigenvalue weighted by molar-refractivity contribution is -0.131. The van der Waals surface area contributed by atoms with Crippen molar-refractivity contribution in [1.82, 2.24) is 15.5 Å². The number of amides is 3. The Morgan fingerprint density at radius 3 is 2.29 bits per heavy atom. The highest BCUT2D eigenvalue weighted by molar-refractivity contribution is 5.82. The van der Waals surface area contributed by atoms with E-state index in [9.17, 15) is 9.59 Å². The molecule has 2 aliphatic rings. The fourth-order valence-electron chi connectivity index (χ4n) is 2.09. The average molecular weight is 239 g/mol. The molecule has 5 heteroatoms. The van der Waals surface area contributed by atoms with Gasteiger partial charge in [0.2, 0.25) is 5.91 Å². The van der Waals surface area contributed by atoms with Gasteiger partial charge in [-0.15, -0.1) is 0 Å². The highest BCUT2D eigenvalue weighted by atomic mass is 16.2. The number of rotatable bonds is 2. The molecule has 1 atom stereocenters. The van der Waals surface area contributed by atoms with E-state index in [1.54, 1.807) is 0 Å². The number of carbonyl (C=O) groups is 2. The SMILES string of the molecule is CC(C)(C)N1CC(NC(=O)NC2CC2)CC1=O. The first-order valence-electron chi connectivity index (χ1n) is 6.24. The summed E-state index contributed by atoms with van der Waals surface area (Å²) in [6.45, 7) is 6.65. The molecule has 2 rings (SSSR count). The summed E-state index contributed by atoms with van der Waals surface area (Å²) < 4.78 is 0. The van der Waals surface area contributed by atoms with Crippen LogP contribution in [0.5, 0.6) is 0 Å². The van der Waals surface area contributed by atoms with E-state index in [-0.39, 0.29) is 23.5 Å². The number of nitrogens with one attached hydrogen (secondary N) is 2. The molecule has 0 radical (unpaired) electrons. The quantitative estimate of drug-likeness (QED) is 0.750. The minimum absolute atomic E-state index is 0.0551. The van der Waals surface area contributed by atoms with Crippen LogP contribution < -0.4 is 10.6 Å². The van der Waals surface area contributed by atoms with E-state index in [0.29, 0.717) is 19.0 Å². The lowest BCUT2D eigenvalue weighted by atomic mass is 10.1. The second-order valence-corrected chi connectivity index (χ2v) is 5.97. The van der Waals surface area contributed by atoms with Crippen molar-refractivity contribution >= 4 is 11.9 Å². The third kappa shape index (κ3) is 3.11. The number of likely N-dealkylation sites (tertiary alicyclic amines) is 1. The van der Waals surface area contributed by atoms with Gasteiger partial charge < -0.3 is 15.5 Å². The molecule has 0 bridgehead atoms. The van der Waals surface area contributed by atoms with Gasteiger partial charge in [0.1, 0.15) is 0 Å². The number of carbonyl (C=O) groups excluding carboxylic acids is 2. The van der Waals surface area contributed by atoms with Crippen LogP contribution in [0, 0.1) is 0 Å². The van der Waals surface area contributed by atoms with Gasteiger partial charge in [0.25, 0.3) is 0 Å². The number of urea groups is 1. The van der Waals surface area contributed by atoms with Crippen LogP contribution in [0.15, 0.2) is 0 Å². The van der Waals surface area contributed by atoms with Crippen molar-refractivity contribution in [2.24, 2.45) is 0 Å². The topological polar surface area (TPSA) is 61.4 Å². The van der Waals surface area contributed by atoms with E-state index in [1.807, 2.05) is 25.7 Å². The van der Waals surface area contributed by atoms with Crippen LogP contribution in [0.2, 0.25) is 0 Å². The lowest BCUT2D eigenvalue weighted by Gasteiger charge is -2.32. The van der Waals surface area contributed by atoms with Gasteiger partial charge in [0.15, 0.2) is 0 Å². The van der Waals surface area contributed by atoms with Gasteiger partial charge in [-0.3, -0.25) is 4.79 Å². The summed E-state index contributed by atoms with van der Waals surface area (Å²) >= 11 is 0. The van der Waals surface area contributed by atoms with Gasteiger partial charge >= 0.3 is 6.03 Å². The molecule has 0 aromatic heterocycles. The number of hydrogen-bond acceptors (Lipinski definition) is 2. The molecule has 0 aromatic carbocycles. The van der Waals surface area contributed by atoms with Crippen molar-refractivity contribution in [3.63, 3.8) is 0 Å². The van der Waals surface area contributed by atoms with Crippen LogP contribution >= 0.6 is 0 Å². The third-order valence-electron chi connectivity index (χ3n) is 3.18. The maximum atomic E-state index is 11.8. The smallest absolute Gasteiger partial charge is 0.315 e. The Kier molecular flexibility index (Phi) is 3.02. The molecule has 1 heterocycles. The Labute approximate surface area is 102 Å². The Bertz CT molecular complexity index is 331. The molecule has 1 aliphatic heterocycles. The molecule has 0 spiro atoms. The van der Waals surface area contributed by atoms with Gasteiger partial charge in [0, 0.05) is 24.5 Å². The molecule has 1 unspecified atom stereocenters. The monoisotopic (exact) mass is 239 g/mol. The summed E-state index contributed by atoms with van der Waals surface area (Å²) in [6.07, 6.45) is 2.56. The predicted molar refractivity (Wildman–Crippen MR) is 64.6 cm³/mol. The predicted octanol–water partition coefficient (Wildman–Crippen LogP) is 0.847. The van der Waals surface area contributed by atoms with Crippen molar-refractivity contribution in [3.8, 4) is 0 Å². The summed E-state index contributed by atoms with van der Waals surface area (Å²) in [6, 6.07) is 0.160. The first-order valence-corrected chi connectivity index (χ1v) is 6.24. The molecule has 1 aliphatic carbocycles. The molecule has 2 N–H and O–H groups in total. The first kappa shape index (κ1) is 12.2. The molecule has 17 heavy (non-hydrogen) atoms. The summed E-state index contributed by atoms with van der Waals surface area (Å²) in [5.41, 5.74) is -0.166. The average Bonchev–Trinajstić information content (AvgIpc) is 2.88. The van der Waals surface area contributed by atoms with E-state index < -0.39 is 0 Å². The van der Waals surface area contributed by atoms with Crippen molar-refractivity contribution in [3.05, 3.63) is 0 Å². The van der Waals surface area contributed by atoms with Crippen LogP contribution in [-0.4, -0.2) is 41.0 Å². The van der Waals surface area contributed by atoms with Crippen molar-refractivity contribution in [2.45, 2.75) is 57.7 Å². The van der Waals surface area contributed by atoms with Crippen molar-refractivity contribution in [1.29, 1.82) is 0 Å². The fourth-order valence-corrected chi connectivity index (χ4v) is 2.09. The molecule has 0 aromatic rings. The van der Waals surface area contributed by atoms with Gasteiger partial charge in [-0.2, -0.15) is 0 Å². The fraction of sp³-hybridized carbons (Fsp3) is 0.833. The maximum absolute atomic E-state index is 11.8. The molecule has 1 saturated carbocycles. The molecular weight excluding hydrogens is 218 g/mol. The zero-order chi connectivity index (χ0) is 12.6. The normalized spacial score (nSPS) is 25.0. The summed E-state index contributed by atoms with van der Waals surface area (Å²) in [5, 5.41) is 5.74. The van der Waals surface area contributed by atoms with Crippen LogP contribution in [0.3, 0.4) is 0 Å². The summed E-state index contributed by atoms with van der Waals surface area (Å²) in [7, 11) is 0. The van der Waals surface area contributed by atoms with Gasteiger partial charge in [0.05, 0.1) is 6.04 Å². The first-order chi connectivity index (χ1) is 7.86. The van der Waals surface area contributed by atoms with Crippen molar-refractivity contribution in [2.75, 3.05) is 6.54 Å². The largest absolute Gasteiger partial charge is 0.336 e. The van der Waals surface area contributed by atoms with E-state index in [0.717, 1.165) is 12.8 Å². The van der Waals surface area contributed by atoms with E-state index in [2.05, 4.69) is 10.6 Å². The molecule has 3 amide bonds. The highest BCUT2D eigenvalue weighted by Gasteiger charge is 2.37. The standard InChI is InChI=1S/C12H21N3O2/c1-12(2,3)15-7-9(6-10(15)16)14-11(17)13-8-4-5-8/h8-9H,4-7H2,1-3H3,(H2,13,14,17). The lowest BCUT2D eigenvalue weighted by Crippen LogP contribution is -2.46. The molecular formula is C12H21N3O2. The molecule has 1 saturated heterocycles. The Morgan fingerprint density at radius 2 is 1.82 bits per heavy atom. The minimum Gasteiger partial charge on any atom is -0.336 e. The highest BCUT2D eigenvalue weighted by Crippen LogP contribution is 2.22. The Balaban J connectivity index is 1.83. The van der Waals surface area contributed by atoms with E-state index in [4.69, 9.17) is 0 Å². The van der Waals surface area contributed by atoms with Gasteiger partial charge in [-0.05, 0) is 33.6 Å². The second-order valence-electron chi connectivity index (χ2n) is 5.97. The van der Waals surface area contributed by atoms with Crippen LogP contribution in [-0.2, 0) is 4.79 Å². The zero-order valence-corrected chi connectivity index (χ0v) is 10.7. The Hall–Kier alpha value is -1.26. The number of hydrogen-bond donors (Lipinski definition) is 2. The van der Waals surface area contributed by atoms with E-state index >= 15 is 0 Å². The third-order valence-corrected chi connectivity index (χ3v) is 3.18. The summed E-state index contributed by atoms with van der Waals surface area (Å²) in [5.74, 6) is 0.120. The molecule has 96 valence electrons. The zero-order valence-electron chi connectivity index (χ0n) is 10.7. The van der Waals surface area contributed by atoms with Crippen LogP contribution in [0.1, 0.15) is 40.0 Å². The second kappa shape index (κ2) is 4.20. The Morgan fingerprint density at radius 1 is 1.24 bits per heavy atom. The molecule has 5 nitrogen and oxygen atoms in total. The van der Waals surface area contributed by atoms with Gasteiger partial charge in [-0.1, -0.05) is 0 Å². The van der Waals surface area contributed by atoms with Crippen LogP contribution in [0.25, 0.3) is 0 Å². The number of nitrogens with zero attached hydrogens (tertiary/aromatic N) is 1. The van der Waals surface area contributed by atoms with E-state index in [1.165, 1.54) is 0 Å². The van der Waals surface area contributed by atoms with Crippen LogP contribution in [0.4, 0.5) is 4.79 Å². The maximum Gasteiger partial charge on any atom is 0.315 e.